The minimum absolute atomic E-state index is 0.0252. The molecule has 4 rings (SSSR count). The Labute approximate surface area is 370 Å². The second-order valence-electron chi connectivity index (χ2n) is 16.8. The van der Waals surface area contributed by atoms with Crippen molar-refractivity contribution in [3.8, 4) is 5.75 Å². The van der Waals surface area contributed by atoms with Gasteiger partial charge in [-0.25, -0.2) is 4.79 Å². The summed E-state index contributed by atoms with van der Waals surface area (Å²) in [5, 5.41) is 52.7. The van der Waals surface area contributed by atoms with Crippen LogP contribution in [0.15, 0.2) is 54.7 Å². The highest BCUT2D eigenvalue weighted by Crippen LogP contribution is 2.23. The number of nitrogens with two attached hydrogens (primary N) is 1. The standard InChI is InChI=1S/C44H60N8O12/c1-22(2)35(45)40(59)50-36(23(3)4)41(60)49-32(19-25-12-14-27(54)15-13-25)43(62)52-18-8-11-33(52)39(58)48-31(20-26-21-46-29-10-7-6-9-28(26)29)38(57)51-37(24(5)53)42(61)47-30(44(63)64)16-17-34(55)56/h6-7,9-10,12-15,21-24,30-33,35-37,46,53-54H,8,11,16-20,45H2,1-5H3,(H,47,61)(H,48,58)(H,49,60)(H,50,59)(H,51,57)(H,55,56)(H,63,64). The quantitative estimate of drug-likeness (QED) is 0.0636. The number of amides is 6. The molecule has 1 aliphatic heterocycles. The van der Waals surface area contributed by atoms with Gasteiger partial charge in [0.2, 0.25) is 35.4 Å². The Morgan fingerprint density at radius 3 is 1.98 bits per heavy atom. The van der Waals surface area contributed by atoms with E-state index in [9.17, 15) is 53.7 Å². The number of hydrogen-bond donors (Lipinski definition) is 11. The first-order chi connectivity index (χ1) is 30.2. The van der Waals surface area contributed by atoms with E-state index in [2.05, 4.69) is 31.6 Å². The van der Waals surface area contributed by atoms with E-state index < -0.39 is 115 Å². The van der Waals surface area contributed by atoms with Crippen LogP contribution in [0.1, 0.15) is 71.4 Å². The summed E-state index contributed by atoms with van der Waals surface area (Å²) in [6, 6.07) is 3.95. The summed E-state index contributed by atoms with van der Waals surface area (Å²) in [7, 11) is 0. The molecule has 1 aromatic heterocycles. The SMILES string of the molecule is CC(C)C(N)C(=O)NC(C(=O)NC(Cc1ccc(O)cc1)C(=O)N1CCCC1C(=O)NC(Cc1c[nH]c2ccccc12)C(=O)NC(C(=O)NC(CCC(=O)O)C(=O)O)C(C)O)C(C)C. The van der Waals surface area contributed by atoms with E-state index in [1.807, 2.05) is 0 Å². The van der Waals surface area contributed by atoms with Gasteiger partial charge in [0.05, 0.1) is 12.1 Å². The smallest absolute Gasteiger partial charge is 0.326 e. The normalized spacial score (nSPS) is 17.1. The first kappa shape index (κ1) is 50.1. The molecule has 0 bridgehead atoms. The minimum atomic E-state index is -1.74. The van der Waals surface area contributed by atoms with Crippen LogP contribution in [-0.4, -0.2) is 133 Å². The summed E-state index contributed by atoms with van der Waals surface area (Å²) < 4.78 is 0. The number of nitrogens with zero attached hydrogens (tertiary/aromatic N) is 1. The van der Waals surface area contributed by atoms with Crippen LogP contribution in [0.3, 0.4) is 0 Å². The number of carbonyl (C=O) groups is 8. The first-order valence-corrected chi connectivity index (χ1v) is 21.2. The van der Waals surface area contributed by atoms with E-state index in [0.29, 0.717) is 17.5 Å². The van der Waals surface area contributed by atoms with E-state index >= 15 is 0 Å². The van der Waals surface area contributed by atoms with Crippen molar-refractivity contribution in [2.45, 2.75) is 122 Å². The highest BCUT2D eigenvalue weighted by atomic mass is 16.4. The number of phenolic OH excluding ortho intramolecular Hbond substituents is 1. The molecule has 0 radical (unpaired) electrons. The van der Waals surface area contributed by atoms with Gasteiger partial charge in [-0.3, -0.25) is 33.6 Å². The number of aromatic hydroxyl groups is 1. The number of aromatic amines is 1. The number of aliphatic hydroxyl groups is 1. The Balaban J connectivity index is 1.62. The average molecular weight is 893 g/mol. The molecule has 8 atom stereocenters. The van der Waals surface area contributed by atoms with Crippen molar-refractivity contribution in [3.63, 3.8) is 0 Å². The number of aliphatic carboxylic acids is 2. The Morgan fingerprint density at radius 1 is 0.750 bits per heavy atom. The third-order valence-electron chi connectivity index (χ3n) is 11.2. The summed E-state index contributed by atoms with van der Waals surface area (Å²) in [4.78, 5) is 111. The number of phenols is 1. The number of carboxylic acid groups (broad SMARTS) is 2. The Morgan fingerprint density at radius 2 is 1.38 bits per heavy atom. The zero-order valence-corrected chi connectivity index (χ0v) is 36.5. The van der Waals surface area contributed by atoms with Crippen LogP contribution in [0.5, 0.6) is 5.75 Å². The van der Waals surface area contributed by atoms with E-state index in [1.54, 1.807) is 70.3 Å². The number of hydrogen-bond acceptors (Lipinski definition) is 11. The number of fused-ring (bicyclic) bond motifs is 1. The van der Waals surface area contributed by atoms with Crippen molar-refractivity contribution in [1.29, 1.82) is 0 Å². The van der Waals surface area contributed by atoms with Crippen LogP contribution < -0.4 is 32.3 Å². The van der Waals surface area contributed by atoms with Gasteiger partial charge >= 0.3 is 11.9 Å². The zero-order valence-electron chi connectivity index (χ0n) is 36.5. The number of likely N-dealkylation sites (tertiary alicyclic amines) is 1. The number of para-hydroxylation sites is 1. The number of carbonyl (C=O) groups excluding carboxylic acids is 6. The molecular formula is C44H60N8O12. The molecule has 8 unspecified atom stereocenters. The molecule has 2 heterocycles. The summed E-state index contributed by atoms with van der Waals surface area (Å²) >= 11 is 0. The minimum Gasteiger partial charge on any atom is -0.508 e. The second-order valence-corrected chi connectivity index (χ2v) is 16.8. The molecular weight excluding hydrogens is 833 g/mol. The molecule has 6 amide bonds. The lowest BCUT2D eigenvalue weighted by atomic mass is 9.98. The van der Waals surface area contributed by atoms with Gasteiger partial charge in [-0.05, 0) is 67.3 Å². The molecule has 0 aliphatic carbocycles. The van der Waals surface area contributed by atoms with Gasteiger partial charge in [-0.2, -0.15) is 0 Å². The fourth-order valence-corrected chi connectivity index (χ4v) is 7.36. The van der Waals surface area contributed by atoms with E-state index in [1.165, 1.54) is 24.0 Å². The van der Waals surface area contributed by atoms with Gasteiger partial charge < -0.3 is 62.6 Å². The molecule has 64 heavy (non-hydrogen) atoms. The highest BCUT2D eigenvalue weighted by molar-refractivity contribution is 5.98. The predicted octanol–water partition coefficient (Wildman–Crippen LogP) is 0.0432. The van der Waals surface area contributed by atoms with Crippen LogP contribution >= 0.6 is 0 Å². The van der Waals surface area contributed by atoms with Crippen molar-refractivity contribution >= 4 is 58.3 Å². The number of rotatable bonds is 22. The maximum Gasteiger partial charge on any atom is 0.326 e. The lowest BCUT2D eigenvalue weighted by Crippen LogP contribution is -2.61. The molecule has 2 aromatic carbocycles. The largest absolute Gasteiger partial charge is 0.508 e. The molecule has 1 aliphatic rings. The molecule has 0 spiro atoms. The van der Waals surface area contributed by atoms with Gasteiger partial charge in [0.25, 0.3) is 0 Å². The van der Waals surface area contributed by atoms with Crippen LogP contribution in [0, 0.1) is 11.8 Å². The Bertz CT molecular complexity index is 2160. The third-order valence-corrected chi connectivity index (χ3v) is 11.2. The maximum atomic E-state index is 14.6. The number of nitrogens with one attached hydrogen (secondary N) is 6. The van der Waals surface area contributed by atoms with Crippen LogP contribution in [-0.2, 0) is 51.2 Å². The maximum absolute atomic E-state index is 14.6. The number of carboxylic acids is 2. The fourth-order valence-electron chi connectivity index (χ4n) is 7.36. The topological polar surface area (TPSA) is 323 Å². The highest BCUT2D eigenvalue weighted by Gasteiger charge is 2.41. The number of aromatic nitrogens is 1. The van der Waals surface area contributed by atoms with Crippen LogP contribution in [0.4, 0.5) is 0 Å². The zero-order chi connectivity index (χ0) is 47.4. The van der Waals surface area contributed by atoms with E-state index in [0.717, 1.165) is 10.9 Å². The fraction of sp³-hybridized carbons (Fsp3) is 0.500. The van der Waals surface area contributed by atoms with Crippen molar-refractivity contribution in [2.24, 2.45) is 17.6 Å². The van der Waals surface area contributed by atoms with Gasteiger partial charge in [-0.1, -0.05) is 58.0 Å². The molecule has 12 N–H and O–H groups in total. The van der Waals surface area contributed by atoms with Gasteiger partial charge in [0.1, 0.15) is 42.0 Å². The third kappa shape index (κ3) is 13.5. The monoisotopic (exact) mass is 892 g/mol. The van der Waals surface area contributed by atoms with Gasteiger partial charge in [0, 0.05) is 42.9 Å². The molecule has 20 nitrogen and oxygen atoms in total. The average Bonchev–Trinajstić information content (AvgIpc) is 3.90. The molecule has 0 saturated carbocycles. The summed E-state index contributed by atoms with van der Waals surface area (Å²) in [5.41, 5.74) is 7.93. The number of benzene rings is 2. The first-order valence-electron chi connectivity index (χ1n) is 21.2. The summed E-state index contributed by atoms with van der Waals surface area (Å²) in [6.45, 7) is 8.24. The van der Waals surface area contributed by atoms with Crippen molar-refractivity contribution in [3.05, 3.63) is 65.9 Å². The molecule has 1 fully saturated rings. The lowest BCUT2D eigenvalue weighted by molar-refractivity contribution is -0.144. The molecule has 348 valence electrons. The Kier molecular flexibility index (Phi) is 17.8. The lowest BCUT2D eigenvalue weighted by Gasteiger charge is -2.32. The van der Waals surface area contributed by atoms with Crippen molar-refractivity contribution in [2.75, 3.05) is 6.54 Å². The van der Waals surface area contributed by atoms with Crippen LogP contribution in [0.2, 0.25) is 0 Å². The van der Waals surface area contributed by atoms with Crippen LogP contribution in [0.25, 0.3) is 10.9 Å². The second kappa shape index (κ2) is 22.7. The number of aliphatic hydroxyl groups excluding tert-OH is 1. The molecule has 1 saturated heterocycles. The van der Waals surface area contributed by atoms with Gasteiger partial charge in [0.15, 0.2) is 0 Å². The predicted molar refractivity (Wildman–Crippen MR) is 232 cm³/mol. The van der Waals surface area contributed by atoms with Gasteiger partial charge in [-0.15, -0.1) is 0 Å². The van der Waals surface area contributed by atoms with E-state index in [-0.39, 0.29) is 37.5 Å². The molecule has 3 aromatic rings. The summed E-state index contributed by atoms with van der Waals surface area (Å²) in [5.74, 6) is -8.15. The van der Waals surface area contributed by atoms with Crippen molar-refractivity contribution < 1.29 is 58.8 Å². The van der Waals surface area contributed by atoms with Crippen molar-refractivity contribution in [1.82, 2.24) is 36.5 Å². The Hall–Kier alpha value is -6.54. The summed E-state index contributed by atoms with van der Waals surface area (Å²) in [6.07, 6.45) is -0.671. The number of H-pyrrole nitrogens is 1. The van der Waals surface area contributed by atoms with E-state index in [4.69, 9.17) is 10.8 Å². The molecule has 20 heteroatoms.